The molecule has 0 spiro atoms. The Morgan fingerprint density at radius 1 is 0.900 bits per heavy atom. The van der Waals surface area contributed by atoms with Crippen LogP contribution in [0.3, 0.4) is 0 Å². The van der Waals surface area contributed by atoms with Gasteiger partial charge in [0.1, 0.15) is 5.75 Å². The quantitative estimate of drug-likeness (QED) is 0.669. The van der Waals surface area contributed by atoms with Crippen molar-refractivity contribution >= 4 is 0 Å². The van der Waals surface area contributed by atoms with Gasteiger partial charge < -0.3 is 24.3 Å². The van der Waals surface area contributed by atoms with Crippen LogP contribution < -0.4 is 24.3 Å². The summed E-state index contributed by atoms with van der Waals surface area (Å²) in [5, 5.41) is 3.13. The monoisotopic (exact) mass is 283 g/mol. The fourth-order valence-corrected chi connectivity index (χ4v) is 1.91. The molecular formula is C15H25NO4. The average molecular weight is 283 g/mol. The molecule has 0 unspecified atom stereocenters. The summed E-state index contributed by atoms with van der Waals surface area (Å²) in [5.41, 5.74) is 0. The second-order valence-electron chi connectivity index (χ2n) is 4.37. The maximum atomic E-state index is 5.73. The molecule has 1 aromatic carbocycles. The number of benzene rings is 1. The SMILES string of the molecule is CNCCCCCOc1cc(OC)c(OC)c(OC)c1. The van der Waals surface area contributed by atoms with Gasteiger partial charge in [-0.25, -0.2) is 0 Å². The Morgan fingerprint density at radius 3 is 2.05 bits per heavy atom. The molecule has 0 aliphatic carbocycles. The summed E-state index contributed by atoms with van der Waals surface area (Å²) in [5.74, 6) is 2.53. The highest BCUT2D eigenvalue weighted by Crippen LogP contribution is 2.40. The zero-order chi connectivity index (χ0) is 14.8. The lowest BCUT2D eigenvalue weighted by Crippen LogP contribution is -2.08. The molecule has 0 aliphatic heterocycles. The van der Waals surface area contributed by atoms with E-state index in [2.05, 4.69) is 5.32 Å². The van der Waals surface area contributed by atoms with Gasteiger partial charge in [-0.1, -0.05) is 0 Å². The summed E-state index contributed by atoms with van der Waals surface area (Å²) >= 11 is 0. The molecule has 0 aliphatic rings. The van der Waals surface area contributed by atoms with E-state index >= 15 is 0 Å². The Balaban J connectivity index is 2.57. The number of hydrogen-bond acceptors (Lipinski definition) is 5. The van der Waals surface area contributed by atoms with Gasteiger partial charge in [-0.2, -0.15) is 0 Å². The third-order valence-electron chi connectivity index (χ3n) is 2.98. The summed E-state index contributed by atoms with van der Waals surface area (Å²) in [6.45, 7) is 1.73. The van der Waals surface area contributed by atoms with Crippen molar-refractivity contribution in [2.45, 2.75) is 19.3 Å². The van der Waals surface area contributed by atoms with Crippen LogP contribution in [-0.4, -0.2) is 41.5 Å². The van der Waals surface area contributed by atoms with Gasteiger partial charge in [-0.05, 0) is 32.9 Å². The van der Waals surface area contributed by atoms with Crippen molar-refractivity contribution in [1.82, 2.24) is 5.32 Å². The van der Waals surface area contributed by atoms with Crippen LogP contribution in [0.15, 0.2) is 12.1 Å². The number of rotatable bonds is 10. The van der Waals surface area contributed by atoms with Crippen LogP contribution in [0.25, 0.3) is 0 Å². The molecular weight excluding hydrogens is 258 g/mol. The lowest BCUT2D eigenvalue weighted by Gasteiger charge is -2.14. The first-order valence-electron chi connectivity index (χ1n) is 6.84. The largest absolute Gasteiger partial charge is 0.493 e. The highest BCUT2D eigenvalue weighted by Gasteiger charge is 2.13. The molecule has 0 amide bonds. The third kappa shape index (κ3) is 4.81. The Bertz CT molecular complexity index is 370. The molecule has 0 radical (unpaired) electrons. The molecule has 5 heteroatoms. The highest BCUT2D eigenvalue weighted by molar-refractivity contribution is 5.55. The minimum absolute atomic E-state index is 0.580. The van der Waals surface area contributed by atoms with Gasteiger partial charge >= 0.3 is 0 Å². The van der Waals surface area contributed by atoms with Crippen LogP contribution in [0.2, 0.25) is 0 Å². The van der Waals surface area contributed by atoms with E-state index in [-0.39, 0.29) is 0 Å². The maximum absolute atomic E-state index is 5.73. The van der Waals surface area contributed by atoms with E-state index in [4.69, 9.17) is 18.9 Å². The number of unbranched alkanes of at least 4 members (excludes halogenated alkanes) is 2. The number of ether oxygens (including phenoxy) is 4. The lowest BCUT2D eigenvalue weighted by atomic mass is 10.2. The first-order chi connectivity index (χ1) is 9.76. The topological polar surface area (TPSA) is 49.0 Å². The van der Waals surface area contributed by atoms with Crippen LogP contribution in [0.5, 0.6) is 23.0 Å². The van der Waals surface area contributed by atoms with Gasteiger partial charge in [-0.15, -0.1) is 0 Å². The molecule has 20 heavy (non-hydrogen) atoms. The van der Waals surface area contributed by atoms with Gasteiger partial charge in [0.05, 0.1) is 27.9 Å². The predicted molar refractivity (Wildman–Crippen MR) is 79.4 cm³/mol. The minimum Gasteiger partial charge on any atom is -0.493 e. The summed E-state index contributed by atoms with van der Waals surface area (Å²) in [7, 11) is 6.74. The zero-order valence-electron chi connectivity index (χ0n) is 12.8. The molecule has 0 bridgehead atoms. The minimum atomic E-state index is 0.580. The van der Waals surface area contributed by atoms with E-state index in [9.17, 15) is 0 Å². The lowest BCUT2D eigenvalue weighted by molar-refractivity contribution is 0.291. The first-order valence-corrected chi connectivity index (χ1v) is 6.84. The standard InChI is InChI=1S/C15H25NO4/c1-16-8-6-5-7-9-20-12-10-13(17-2)15(19-4)14(11-12)18-3/h10-11,16H,5-9H2,1-4H3. The third-order valence-corrected chi connectivity index (χ3v) is 2.98. The average Bonchev–Trinajstić information content (AvgIpc) is 2.49. The molecule has 1 N–H and O–H groups in total. The molecule has 0 aromatic heterocycles. The molecule has 0 saturated heterocycles. The Hall–Kier alpha value is -1.62. The second-order valence-corrected chi connectivity index (χ2v) is 4.37. The van der Waals surface area contributed by atoms with Crippen molar-refractivity contribution in [3.63, 3.8) is 0 Å². The normalized spacial score (nSPS) is 10.2. The van der Waals surface area contributed by atoms with Crippen molar-refractivity contribution in [1.29, 1.82) is 0 Å². The molecule has 5 nitrogen and oxygen atoms in total. The van der Waals surface area contributed by atoms with Crippen molar-refractivity contribution in [2.75, 3.05) is 41.5 Å². The Labute approximate surface area is 121 Å². The number of nitrogens with one attached hydrogen (secondary N) is 1. The molecule has 0 atom stereocenters. The van der Waals surface area contributed by atoms with Gasteiger partial charge in [-0.3, -0.25) is 0 Å². The second kappa shape index (κ2) is 9.31. The number of hydrogen-bond donors (Lipinski definition) is 1. The number of methoxy groups -OCH3 is 3. The first kappa shape index (κ1) is 16.4. The van der Waals surface area contributed by atoms with E-state index in [1.165, 1.54) is 0 Å². The summed E-state index contributed by atoms with van der Waals surface area (Å²) in [4.78, 5) is 0. The maximum Gasteiger partial charge on any atom is 0.203 e. The van der Waals surface area contributed by atoms with E-state index in [0.29, 0.717) is 23.9 Å². The summed E-state index contributed by atoms with van der Waals surface area (Å²) in [6, 6.07) is 3.63. The molecule has 0 saturated carbocycles. The van der Waals surface area contributed by atoms with Gasteiger partial charge in [0.15, 0.2) is 11.5 Å². The predicted octanol–water partition coefficient (Wildman–Crippen LogP) is 2.48. The van der Waals surface area contributed by atoms with E-state index in [1.807, 2.05) is 19.2 Å². The summed E-state index contributed by atoms with van der Waals surface area (Å²) < 4.78 is 21.6. The van der Waals surface area contributed by atoms with Crippen molar-refractivity contribution in [2.24, 2.45) is 0 Å². The Kier molecular flexibility index (Phi) is 7.65. The van der Waals surface area contributed by atoms with Crippen molar-refractivity contribution in [3.05, 3.63) is 12.1 Å². The van der Waals surface area contributed by atoms with Gasteiger partial charge in [0.2, 0.25) is 5.75 Å². The van der Waals surface area contributed by atoms with E-state index in [0.717, 1.165) is 31.6 Å². The van der Waals surface area contributed by atoms with Crippen LogP contribution >= 0.6 is 0 Å². The molecule has 1 rings (SSSR count). The fourth-order valence-electron chi connectivity index (χ4n) is 1.91. The van der Waals surface area contributed by atoms with E-state index < -0.39 is 0 Å². The highest BCUT2D eigenvalue weighted by atomic mass is 16.5. The molecule has 0 heterocycles. The Morgan fingerprint density at radius 2 is 1.55 bits per heavy atom. The van der Waals surface area contributed by atoms with Crippen LogP contribution in [-0.2, 0) is 0 Å². The van der Waals surface area contributed by atoms with Crippen molar-refractivity contribution < 1.29 is 18.9 Å². The van der Waals surface area contributed by atoms with Gasteiger partial charge in [0.25, 0.3) is 0 Å². The van der Waals surface area contributed by atoms with Crippen LogP contribution in [0.4, 0.5) is 0 Å². The zero-order valence-corrected chi connectivity index (χ0v) is 12.8. The van der Waals surface area contributed by atoms with Crippen LogP contribution in [0.1, 0.15) is 19.3 Å². The van der Waals surface area contributed by atoms with E-state index in [1.54, 1.807) is 21.3 Å². The van der Waals surface area contributed by atoms with Gasteiger partial charge in [0, 0.05) is 12.1 Å². The molecule has 114 valence electrons. The molecule has 0 fully saturated rings. The van der Waals surface area contributed by atoms with Crippen molar-refractivity contribution in [3.8, 4) is 23.0 Å². The fraction of sp³-hybridized carbons (Fsp3) is 0.600. The molecule has 1 aromatic rings. The van der Waals surface area contributed by atoms with Crippen LogP contribution in [0, 0.1) is 0 Å². The smallest absolute Gasteiger partial charge is 0.203 e. The summed E-state index contributed by atoms with van der Waals surface area (Å²) in [6.07, 6.45) is 3.33.